The zero-order valence-electron chi connectivity index (χ0n) is 13.5. The van der Waals surface area contributed by atoms with Crippen molar-refractivity contribution in [3.8, 4) is 17.7 Å². The summed E-state index contributed by atoms with van der Waals surface area (Å²) in [5.41, 5.74) is 1.61. The Kier molecular flexibility index (Phi) is 5.84. The Labute approximate surface area is 160 Å². The molecule has 0 amide bonds. The zero-order valence-corrected chi connectivity index (χ0v) is 15.0. The van der Waals surface area contributed by atoms with Gasteiger partial charge in [0.25, 0.3) is 0 Å². The molecule has 0 atom stereocenters. The first-order chi connectivity index (χ1) is 12.6. The molecule has 1 N–H and O–H groups in total. The zero-order chi connectivity index (χ0) is 18.4. The Morgan fingerprint density at radius 2 is 1.85 bits per heavy atom. The van der Waals surface area contributed by atoms with Gasteiger partial charge >= 0.3 is 0 Å². The number of benzene rings is 1. The van der Waals surface area contributed by atoms with Crippen molar-refractivity contribution in [2.24, 2.45) is 0 Å². The van der Waals surface area contributed by atoms with Crippen LogP contribution in [0.1, 0.15) is 11.1 Å². The summed E-state index contributed by atoms with van der Waals surface area (Å²) in [7, 11) is 0. The van der Waals surface area contributed by atoms with Crippen LogP contribution in [0.2, 0.25) is 10.3 Å². The second-order valence-corrected chi connectivity index (χ2v) is 6.00. The van der Waals surface area contributed by atoms with Gasteiger partial charge in [-0.25, -0.2) is 9.97 Å². The molecule has 0 aliphatic carbocycles. The summed E-state index contributed by atoms with van der Waals surface area (Å²) in [6.45, 7) is 0.643. The van der Waals surface area contributed by atoms with Gasteiger partial charge in [0.05, 0.1) is 11.8 Å². The van der Waals surface area contributed by atoms with Gasteiger partial charge in [-0.05, 0) is 41.8 Å². The third-order valence-corrected chi connectivity index (χ3v) is 3.89. The summed E-state index contributed by atoms with van der Waals surface area (Å²) in [5, 5.41) is 12.5. The molecule has 0 aliphatic heterocycles. The number of hydrogen-bond acceptors (Lipinski definition) is 6. The van der Waals surface area contributed by atoms with Gasteiger partial charge in [-0.15, -0.1) is 0 Å². The van der Waals surface area contributed by atoms with Gasteiger partial charge < -0.3 is 10.1 Å². The van der Waals surface area contributed by atoms with E-state index in [1.807, 2.05) is 30.3 Å². The number of nitrogens with zero attached hydrogens (tertiary/aromatic N) is 4. The fourth-order valence-corrected chi connectivity index (χ4v) is 2.44. The van der Waals surface area contributed by atoms with Crippen molar-refractivity contribution in [2.45, 2.75) is 6.42 Å². The molecular formula is C18H13Cl2N5O. The topological polar surface area (TPSA) is 83.7 Å². The first-order valence-electron chi connectivity index (χ1n) is 7.69. The number of rotatable bonds is 6. The first kappa shape index (κ1) is 17.9. The van der Waals surface area contributed by atoms with Crippen molar-refractivity contribution in [1.29, 1.82) is 5.26 Å². The number of halogens is 2. The van der Waals surface area contributed by atoms with Gasteiger partial charge in [0.2, 0.25) is 11.2 Å². The average molecular weight is 386 g/mol. The van der Waals surface area contributed by atoms with Crippen LogP contribution in [0.25, 0.3) is 0 Å². The fourth-order valence-electron chi connectivity index (χ4n) is 2.15. The van der Waals surface area contributed by atoms with E-state index in [0.29, 0.717) is 34.6 Å². The Morgan fingerprint density at radius 3 is 2.54 bits per heavy atom. The molecule has 0 bridgehead atoms. The predicted molar refractivity (Wildman–Crippen MR) is 99.7 cm³/mol. The number of nitriles is 1. The lowest BCUT2D eigenvalue weighted by atomic mass is 10.1. The average Bonchev–Trinajstić information content (AvgIpc) is 2.66. The highest BCUT2D eigenvalue weighted by molar-refractivity contribution is 6.33. The standard InChI is InChI=1S/C18H13Cl2N5O/c19-15-11-24-18(20)25-17(15)22-8-7-12-1-4-14(5-2-12)26-16-6-3-13(9-21)10-23-16/h1-6,10-11H,7-8H2,(H,22,24,25). The van der Waals surface area contributed by atoms with Crippen molar-refractivity contribution in [2.75, 3.05) is 11.9 Å². The summed E-state index contributed by atoms with van der Waals surface area (Å²) in [4.78, 5) is 11.9. The molecule has 6 nitrogen and oxygen atoms in total. The molecule has 0 saturated heterocycles. The Morgan fingerprint density at radius 1 is 1.04 bits per heavy atom. The van der Waals surface area contributed by atoms with E-state index < -0.39 is 0 Å². The summed E-state index contributed by atoms with van der Waals surface area (Å²) in [6.07, 6.45) is 3.70. The van der Waals surface area contributed by atoms with E-state index in [4.69, 9.17) is 33.2 Å². The molecule has 0 unspecified atom stereocenters. The van der Waals surface area contributed by atoms with Crippen LogP contribution >= 0.6 is 23.2 Å². The molecule has 2 heterocycles. The van der Waals surface area contributed by atoms with Gasteiger partial charge in [0.1, 0.15) is 22.7 Å². The molecule has 2 aromatic heterocycles. The maximum absolute atomic E-state index is 8.76. The van der Waals surface area contributed by atoms with E-state index in [1.165, 1.54) is 12.4 Å². The van der Waals surface area contributed by atoms with Crippen LogP contribution < -0.4 is 10.1 Å². The maximum Gasteiger partial charge on any atom is 0.224 e. The van der Waals surface area contributed by atoms with Crippen LogP contribution in [-0.2, 0) is 6.42 Å². The second kappa shape index (κ2) is 8.48. The lowest BCUT2D eigenvalue weighted by Gasteiger charge is -2.08. The molecule has 1 aromatic carbocycles. The number of nitrogens with one attached hydrogen (secondary N) is 1. The third-order valence-electron chi connectivity index (χ3n) is 3.43. The highest BCUT2D eigenvalue weighted by atomic mass is 35.5. The van der Waals surface area contributed by atoms with Crippen molar-refractivity contribution in [3.05, 3.63) is 70.2 Å². The summed E-state index contributed by atoms with van der Waals surface area (Å²) < 4.78 is 5.65. The normalized spacial score (nSPS) is 10.2. The van der Waals surface area contributed by atoms with E-state index in [2.05, 4.69) is 20.3 Å². The van der Waals surface area contributed by atoms with Crippen LogP contribution in [-0.4, -0.2) is 21.5 Å². The van der Waals surface area contributed by atoms with E-state index in [9.17, 15) is 0 Å². The number of anilines is 1. The molecule has 0 fully saturated rings. The van der Waals surface area contributed by atoms with Crippen LogP contribution in [0.15, 0.2) is 48.8 Å². The molecule has 0 radical (unpaired) electrons. The molecule has 3 rings (SSSR count). The van der Waals surface area contributed by atoms with Crippen LogP contribution in [0.4, 0.5) is 5.82 Å². The SMILES string of the molecule is N#Cc1ccc(Oc2ccc(CCNc3nc(Cl)ncc3Cl)cc2)nc1. The molecule has 0 spiro atoms. The largest absolute Gasteiger partial charge is 0.439 e. The highest BCUT2D eigenvalue weighted by Gasteiger charge is 2.04. The van der Waals surface area contributed by atoms with E-state index in [-0.39, 0.29) is 5.28 Å². The van der Waals surface area contributed by atoms with Crippen molar-refractivity contribution in [3.63, 3.8) is 0 Å². The molecule has 0 aliphatic rings. The van der Waals surface area contributed by atoms with Gasteiger partial charge in [-0.1, -0.05) is 23.7 Å². The van der Waals surface area contributed by atoms with Crippen molar-refractivity contribution < 1.29 is 4.74 Å². The number of ether oxygens (including phenoxy) is 1. The number of pyridine rings is 1. The van der Waals surface area contributed by atoms with Crippen molar-refractivity contribution in [1.82, 2.24) is 15.0 Å². The van der Waals surface area contributed by atoms with Gasteiger partial charge in [0.15, 0.2) is 0 Å². The Bertz CT molecular complexity index is 924. The van der Waals surface area contributed by atoms with Crippen LogP contribution in [0, 0.1) is 11.3 Å². The van der Waals surface area contributed by atoms with E-state index >= 15 is 0 Å². The number of aromatic nitrogens is 3. The lowest BCUT2D eigenvalue weighted by Crippen LogP contribution is -2.07. The summed E-state index contributed by atoms with van der Waals surface area (Å²) >= 11 is 11.8. The lowest BCUT2D eigenvalue weighted by molar-refractivity contribution is 0.462. The molecule has 0 saturated carbocycles. The predicted octanol–water partition coefficient (Wildman–Crippen LogP) is 4.50. The van der Waals surface area contributed by atoms with Gasteiger partial charge in [-0.2, -0.15) is 10.2 Å². The third kappa shape index (κ3) is 4.82. The van der Waals surface area contributed by atoms with Crippen LogP contribution in [0.5, 0.6) is 11.6 Å². The quantitative estimate of drug-likeness (QED) is 0.628. The number of hydrogen-bond donors (Lipinski definition) is 1. The highest BCUT2D eigenvalue weighted by Crippen LogP contribution is 2.21. The van der Waals surface area contributed by atoms with Gasteiger partial charge in [-0.3, -0.25) is 0 Å². The second-order valence-electron chi connectivity index (χ2n) is 5.26. The Balaban J connectivity index is 1.54. The van der Waals surface area contributed by atoms with E-state index in [1.54, 1.807) is 12.1 Å². The minimum atomic E-state index is 0.148. The van der Waals surface area contributed by atoms with E-state index in [0.717, 1.165) is 12.0 Å². The smallest absolute Gasteiger partial charge is 0.224 e. The first-order valence-corrected chi connectivity index (χ1v) is 8.44. The molecular weight excluding hydrogens is 373 g/mol. The molecule has 26 heavy (non-hydrogen) atoms. The van der Waals surface area contributed by atoms with Crippen molar-refractivity contribution >= 4 is 29.0 Å². The summed E-state index contributed by atoms with van der Waals surface area (Å²) in [5.74, 6) is 1.62. The Hall–Kier alpha value is -2.88. The maximum atomic E-state index is 8.76. The monoisotopic (exact) mass is 385 g/mol. The summed E-state index contributed by atoms with van der Waals surface area (Å²) in [6, 6.07) is 13.0. The fraction of sp³-hybridized carbons (Fsp3) is 0.111. The minimum Gasteiger partial charge on any atom is -0.439 e. The van der Waals surface area contributed by atoms with Crippen LogP contribution in [0.3, 0.4) is 0 Å². The molecule has 3 aromatic rings. The van der Waals surface area contributed by atoms with Gasteiger partial charge in [0, 0.05) is 18.8 Å². The minimum absolute atomic E-state index is 0.148. The molecule has 8 heteroatoms. The molecule has 130 valence electrons.